The molecule has 0 saturated heterocycles. The highest BCUT2D eigenvalue weighted by molar-refractivity contribution is 5.89. The minimum Gasteiger partial charge on any atom is -0.508 e. The highest BCUT2D eigenvalue weighted by atomic mass is 16.5. The third kappa shape index (κ3) is 1.46. The molecule has 2 aliphatic rings. The van der Waals surface area contributed by atoms with Crippen molar-refractivity contribution in [3.63, 3.8) is 0 Å². The van der Waals surface area contributed by atoms with Crippen LogP contribution in [0.3, 0.4) is 0 Å². The first-order valence-corrected chi connectivity index (χ1v) is 5.57. The lowest BCUT2D eigenvalue weighted by Gasteiger charge is -2.26. The van der Waals surface area contributed by atoms with E-state index >= 15 is 0 Å². The first kappa shape index (κ1) is 9.66. The fourth-order valence-electron chi connectivity index (χ4n) is 2.30. The van der Waals surface area contributed by atoms with E-state index in [0.717, 1.165) is 36.5 Å². The molecule has 2 N–H and O–H groups in total. The zero-order chi connectivity index (χ0) is 11.0. The Hall–Kier alpha value is -1.55. The van der Waals surface area contributed by atoms with Crippen LogP contribution >= 0.6 is 0 Å². The van der Waals surface area contributed by atoms with Gasteiger partial charge in [0.2, 0.25) is 0 Å². The van der Waals surface area contributed by atoms with E-state index in [9.17, 15) is 5.11 Å². The molecule has 0 saturated carbocycles. The Balaban J connectivity index is 2.02. The van der Waals surface area contributed by atoms with Crippen molar-refractivity contribution in [1.29, 1.82) is 0 Å². The van der Waals surface area contributed by atoms with Gasteiger partial charge in [0, 0.05) is 12.1 Å². The van der Waals surface area contributed by atoms with Gasteiger partial charge < -0.3 is 15.2 Å². The number of phenolic OH excluding ortho intramolecular Hbond substituents is 1. The van der Waals surface area contributed by atoms with Crippen LogP contribution in [0.1, 0.15) is 17.2 Å². The van der Waals surface area contributed by atoms with Gasteiger partial charge in [0.1, 0.15) is 17.7 Å². The van der Waals surface area contributed by atoms with Gasteiger partial charge >= 0.3 is 0 Å². The SMILES string of the molecule is Oc1cccc2c1CCOC2C1=NCCN1. The van der Waals surface area contributed by atoms with Gasteiger partial charge in [0.05, 0.1) is 13.2 Å². The minimum absolute atomic E-state index is 0.127. The van der Waals surface area contributed by atoms with Gasteiger partial charge in [0.25, 0.3) is 0 Å². The number of ether oxygens (including phenoxy) is 1. The summed E-state index contributed by atoms with van der Waals surface area (Å²) in [5, 5.41) is 13.0. The summed E-state index contributed by atoms with van der Waals surface area (Å²) in [6.45, 7) is 2.32. The molecular formula is C12H14N2O2. The number of aromatic hydroxyl groups is 1. The fraction of sp³-hybridized carbons (Fsp3) is 0.417. The summed E-state index contributed by atoms with van der Waals surface area (Å²) in [6, 6.07) is 5.58. The zero-order valence-electron chi connectivity index (χ0n) is 8.94. The van der Waals surface area contributed by atoms with Crippen molar-refractivity contribution in [2.75, 3.05) is 19.7 Å². The van der Waals surface area contributed by atoms with Gasteiger partial charge in [-0.3, -0.25) is 4.99 Å². The number of fused-ring (bicyclic) bond motifs is 1. The summed E-state index contributed by atoms with van der Waals surface area (Å²) in [7, 11) is 0. The summed E-state index contributed by atoms with van der Waals surface area (Å²) in [4.78, 5) is 4.39. The molecule has 0 bridgehead atoms. The molecule has 0 aliphatic carbocycles. The summed E-state index contributed by atoms with van der Waals surface area (Å²) >= 11 is 0. The molecule has 2 aliphatic heterocycles. The van der Waals surface area contributed by atoms with Crippen molar-refractivity contribution < 1.29 is 9.84 Å². The molecular weight excluding hydrogens is 204 g/mol. The number of aliphatic imine (C=N–C) groups is 1. The molecule has 0 amide bonds. The van der Waals surface area contributed by atoms with E-state index in [2.05, 4.69) is 10.3 Å². The smallest absolute Gasteiger partial charge is 0.140 e. The van der Waals surface area contributed by atoms with E-state index in [0.29, 0.717) is 12.4 Å². The van der Waals surface area contributed by atoms with Crippen molar-refractivity contribution >= 4 is 5.84 Å². The maximum Gasteiger partial charge on any atom is 0.140 e. The average Bonchev–Trinajstić information content (AvgIpc) is 2.82. The van der Waals surface area contributed by atoms with Crippen molar-refractivity contribution in [1.82, 2.24) is 5.32 Å². The summed E-state index contributed by atoms with van der Waals surface area (Å²) in [5.74, 6) is 1.26. The molecule has 3 rings (SSSR count). The number of nitrogens with one attached hydrogen (secondary N) is 1. The van der Waals surface area contributed by atoms with Crippen LogP contribution in [-0.4, -0.2) is 30.6 Å². The summed E-state index contributed by atoms with van der Waals surface area (Å²) < 4.78 is 5.74. The Kier molecular flexibility index (Phi) is 2.29. The van der Waals surface area contributed by atoms with Crippen LogP contribution in [0, 0.1) is 0 Å². The highest BCUT2D eigenvalue weighted by Crippen LogP contribution is 2.33. The molecule has 0 radical (unpaired) electrons. The topological polar surface area (TPSA) is 53.9 Å². The van der Waals surface area contributed by atoms with Gasteiger partial charge in [-0.05, 0) is 18.1 Å². The maximum absolute atomic E-state index is 9.80. The molecule has 0 fully saturated rings. The molecule has 1 unspecified atom stereocenters. The molecule has 1 aromatic carbocycles. The fourth-order valence-corrected chi connectivity index (χ4v) is 2.30. The zero-order valence-corrected chi connectivity index (χ0v) is 8.94. The predicted molar refractivity (Wildman–Crippen MR) is 60.8 cm³/mol. The highest BCUT2D eigenvalue weighted by Gasteiger charge is 2.28. The summed E-state index contributed by atoms with van der Waals surface area (Å²) in [6.07, 6.45) is 0.643. The quantitative estimate of drug-likeness (QED) is 0.739. The maximum atomic E-state index is 9.80. The first-order valence-electron chi connectivity index (χ1n) is 5.57. The van der Waals surface area contributed by atoms with E-state index in [4.69, 9.17) is 4.74 Å². The van der Waals surface area contributed by atoms with Crippen molar-refractivity contribution in [2.24, 2.45) is 4.99 Å². The number of hydrogen-bond acceptors (Lipinski definition) is 4. The van der Waals surface area contributed by atoms with E-state index in [1.165, 1.54) is 0 Å². The van der Waals surface area contributed by atoms with Crippen molar-refractivity contribution in [3.05, 3.63) is 29.3 Å². The second kappa shape index (κ2) is 3.79. The molecule has 16 heavy (non-hydrogen) atoms. The average molecular weight is 218 g/mol. The Morgan fingerprint density at radius 2 is 2.38 bits per heavy atom. The predicted octanol–water partition coefficient (Wildman–Crippen LogP) is 1.01. The standard InChI is InChI=1S/C12H14N2O2/c15-10-3-1-2-9-8(10)4-7-16-11(9)12-13-5-6-14-12/h1-3,11,15H,4-7H2,(H,13,14). The minimum atomic E-state index is -0.127. The van der Waals surface area contributed by atoms with E-state index in [1.807, 2.05) is 12.1 Å². The number of rotatable bonds is 1. The third-order valence-electron chi connectivity index (χ3n) is 3.05. The Morgan fingerprint density at radius 1 is 1.44 bits per heavy atom. The lowest BCUT2D eigenvalue weighted by Crippen LogP contribution is -2.31. The van der Waals surface area contributed by atoms with Crippen LogP contribution in [0.2, 0.25) is 0 Å². The van der Waals surface area contributed by atoms with Gasteiger partial charge in [-0.25, -0.2) is 0 Å². The molecule has 0 spiro atoms. The number of benzene rings is 1. The van der Waals surface area contributed by atoms with E-state index in [-0.39, 0.29) is 6.10 Å². The van der Waals surface area contributed by atoms with Gasteiger partial charge in [-0.1, -0.05) is 12.1 Å². The molecule has 0 aromatic heterocycles. The third-order valence-corrected chi connectivity index (χ3v) is 3.05. The van der Waals surface area contributed by atoms with E-state index in [1.54, 1.807) is 6.07 Å². The Labute approximate surface area is 94.0 Å². The normalized spacial score (nSPS) is 23.5. The van der Waals surface area contributed by atoms with Gasteiger partial charge in [0.15, 0.2) is 0 Å². The monoisotopic (exact) mass is 218 g/mol. The van der Waals surface area contributed by atoms with Crippen LogP contribution in [0.15, 0.2) is 23.2 Å². The number of amidine groups is 1. The molecule has 4 nitrogen and oxygen atoms in total. The van der Waals surface area contributed by atoms with Crippen LogP contribution in [0.5, 0.6) is 5.75 Å². The Morgan fingerprint density at radius 3 is 3.19 bits per heavy atom. The molecule has 4 heteroatoms. The van der Waals surface area contributed by atoms with Gasteiger partial charge in [-0.2, -0.15) is 0 Å². The van der Waals surface area contributed by atoms with Crippen molar-refractivity contribution in [3.8, 4) is 5.75 Å². The second-order valence-corrected chi connectivity index (χ2v) is 4.04. The first-order chi connectivity index (χ1) is 7.86. The van der Waals surface area contributed by atoms with Crippen LogP contribution in [-0.2, 0) is 11.2 Å². The van der Waals surface area contributed by atoms with Crippen LogP contribution in [0.25, 0.3) is 0 Å². The lowest BCUT2D eigenvalue weighted by molar-refractivity contribution is 0.0851. The number of phenols is 1. The molecule has 2 heterocycles. The van der Waals surface area contributed by atoms with Gasteiger partial charge in [-0.15, -0.1) is 0 Å². The molecule has 1 aromatic rings. The largest absolute Gasteiger partial charge is 0.508 e. The number of nitrogens with zero attached hydrogens (tertiary/aromatic N) is 1. The van der Waals surface area contributed by atoms with E-state index < -0.39 is 0 Å². The van der Waals surface area contributed by atoms with Crippen LogP contribution in [0.4, 0.5) is 0 Å². The Bertz CT molecular complexity index is 443. The molecule has 1 atom stereocenters. The van der Waals surface area contributed by atoms with Crippen LogP contribution < -0.4 is 5.32 Å². The van der Waals surface area contributed by atoms with Crippen molar-refractivity contribution in [2.45, 2.75) is 12.5 Å². The second-order valence-electron chi connectivity index (χ2n) is 4.04. The number of hydrogen-bond donors (Lipinski definition) is 2. The summed E-state index contributed by atoms with van der Waals surface area (Å²) in [5.41, 5.74) is 2.04. The molecule has 84 valence electrons. The lowest BCUT2D eigenvalue weighted by atomic mass is 9.96.